The summed E-state index contributed by atoms with van der Waals surface area (Å²) >= 11 is 0. The smallest absolute Gasteiger partial charge is 0.0959 e. The SMILES string of the molecule is Cc1ccc2c(c1)c1ccccc1n2-c1c(-c2cc(-c3ccccc3)nc(-c3ccccc3)c2)cc(-c2cc(-c3ccccc3)nc(-c3ccccc3)c2)c(-n2c3ccccc3c3cc(C)ccc32)c1-n1c2ccc(-c3ccccc3)cc2c2cc(-c3ccccc3)ccc21. The van der Waals surface area contributed by atoms with Gasteiger partial charge in [0.1, 0.15) is 0 Å². The van der Waals surface area contributed by atoms with Crippen LogP contribution in [0.2, 0.25) is 0 Å². The molecule has 18 rings (SSSR count). The monoisotopic (exact) mass is 1210 g/mol. The molecule has 5 aromatic heterocycles. The van der Waals surface area contributed by atoms with Crippen molar-refractivity contribution in [2.75, 3.05) is 0 Å². The van der Waals surface area contributed by atoms with E-state index in [0.717, 1.165) is 150 Å². The number of para-hydroxylation sites is 2. The molecule has 18 aromatic rings. The maximum atomic E-state index is 5.60. The lowest BCUT2D eigenvalue weighted by Gasteiger charge is -2.28. The molecule has 5 nitrogen and oxygen atoms in total. The average Bonchev–Trinajstić information content (AvgIpc) is 1.58. The molecule has 0 aliphatic rings. The summed E-state index contributed by atoms with van der Waals surface area (Å²) in [6.45, 7) is 4.42. The highest BCUT2D eigenvalue weighted by atomic mass is 15.1. The molecule has 0 N–H and O–H groups in total. The van der Waals surface area contributed by atoms with Gasteiger partial charge in [0.15, 0.2) is 0 Å². The molecular weight excluding hydrogens is 1150 g/mol. The van der Waals surface area contributed by atoms with Crippen molar-refractivity contribution in [1.82, 2.24) is 23.7 Å². The van der Waals surface area contributed by atoms with Gasteiger partial charge in [-0.05, 0) is 138 Å². The molecule has 0 amide bonds. The Bertz CT molecular complexity index is 5530. The third kappa shape index (κ3) is 9.46. The first-order valence-electron chi connectivity index (χ1n) is 32.6. The molecule has 0 unspecified atom stereocenters. The van der Waals surface area contributed by atoms with Crippen molar-refractivity contribution in [1.29, 1.82) is 0 Å². The lowest BCUT2D eigenvalue weighted by Crippen LogP contribution is -2.13. The maximum absolute atomic E-state index is 5.60. The van der Waals surface area contributed by atoms with E-state index in [1.807, 2.05) is 0 Å². The molecule has 0 bridgehead atoms. The number of rotatable bonds is 11. The van der Waals surface area contributed by atoms with E-state index in [1.54, 1.807) is 0 Å². The minimum atomic E-state index is 0.871. The number of benzene rings is 13. The van der Waals surface area contributed by atoms with Crippen molar-refractivity contribution in [2.45, 2.75) is 13.8 Å². The van der Waals surface area contributed by atoms with E-state index in [1.165, 1.54) is 32.7 Å². The summed E-state index contributed by atoms with van der Waals surface area (Å²) in [7, 11) is 0. The molecule has 5 heteroatoms. The van der Waals surface area contributed by atoms with Gasteiger partial charge in [0.25, 0.3) is 0 Å². The first kappa shape index (κ1) is 55.4. The number of aryl methyl sites for hydroxylation is 2. The number of pyridine rings is 2. The van der Waals surface area contributed by atoms with E-state index in [2.05, 4.69) is 361 Å². The van der Waals surface area contributed by atoms with Crippen LogP contribution in [0.4, 0.5) is 0 Å². The summed E-state index contributed by atoms with van der Waals surface area (Å²) < 4.78 is 7.82. The summed E-state index contributed by atoms with van der Waals surface area (Å²) in [6, 6.07) is 122. The van der Waals surface area contributed by atoms with Crippen LogP contribution in [0.25, 0.3) is 172 Å². The van der Waals surface area contributed by atoms with Crippen molar-refractivity contribution >= 4 is 65.4 Å². The fourth-order valence-electron chi connectivity index (χ4n) is 14.7. The van der Waals surface area contributed by atoms with Gasteiger partial charge in [-0.25, -0.2) is 9.97 Å². The third-order valence-corrected chi connectivity index (χ3v) is 19.1. The molecule has 0 spiro atoms. The van der Waals surface area contributed by atoms with E-state index in [-0.39, 0.29) is 0 Å². The van der Waals surface area contributed by atoms with E-state index in [9.17, 15) is 0 Å². The molecule has 0 fully saturated rings. The van der Waals surface area contributed by atoms with Crippen molar-refractivity contribution in [3.8, 4) is 107 Å². The summed E-state index contributed by atoms with van der Waals surface area (Å²) in [5, 5.41) is 6.97. The van der Waals surface area contributed by atoms with Crippen molar-refractivity contribution < 1.29 is 0 Å². The number of hydrogen-bond acceptors (Lipinski definition) is 2. The van der Waals surface area contributed by atoms with Crippen molar-refractivity contribution in [3.63, 3.8) is 0 Å². The second-order valence-corrected chi connectivity index (χ2v) is 25.0. The second kappa shape index (κ2) is 22.7. The van der Waals surface area contributed by atoms with Gasteiger partial charge in [0.05, 0.1) is 72.9 Å². The highest BCUT2D eigenvalue weighted by Crippen LogP contribution is 2.52. The number of fused-ring (bicyclic) bond motifs is 9. The van der Waals surface area contributed by atoms with Gasteiger partial charge in [-0.2, -0.15) is 0 Å². The highest BCUT2D eigenvalue weighted by molar-refractivity contribution is 6.17. The second-order valence-electron chi connectivity index (χ2n) is 25.0. The number of aromatic nitrogens is 5. The molecule has 0 aliphatic heterocycles. The Labute approximate surface area is 551 Å². The molecule has 446 valence electrons. The van der Waals surface area contributed by atoms with Crippen LogP contribution < -0.4 is 0 Å². The summed E-state index contributed by atoms with van der Waals surface area (Å²) in [5.74, 6) is 0. The van der Waals surface area contributed by atoms with Crippen LogP contribution >= 0.6 is 0 Å². The molecule has 0 saturated heterocycles. The van der Waals surface area contributed by atoms with Gasteiger partial charge in [-0.3, -0.25) is 0 Å². The van der Waals surface area contributed by atoms with E-state index in [0.29, 0.717) is 0 Å². The van der Waals surface area contributed by atoms with E-state index < -0.39 is 0 Å². The van der Waals surface area contributed by atoms with Crippen LogP contribution in [-0.4, -0.2) is 23.7 Å². The van der Waals surface area contributed by atoms with Crippen LogP contribution in [0.3, 0.4) is 0 Å². The van der Waals surface area contributed by atoms with Gasteiger partial charge < -0.3 is 13.7 Å². The van der Waals surface area contributed by atoms with Crippen LogP contribution in [-0.2, 0) is 0 Å². The lowest BCUT2D eigenvalue weighted by atomic mass is 9.90. The van der Waals surface area contributed by atoms with Gasteiger partial charge in [-0.15, -0.1) is 0 Å². The minimum absolute atomic E-state index is 0.871. The molecule has 0 saturated carbocycles. The maximum Gasteiger partial charge on any atom is 0.0959 e. The zero-order valence-corrected chi connectivity index (χ0v) is 52.5. The quantitative estimate of drug-likeness (QED) is 0.129. The Morgan fingerprint density at radius 1 is 0.189 bits per heavy atom. The summed E-state index contributed by atoms with van der Waals surface area (Å²) in [4.78, 5) is 11.2. The zero-order chi connectivity index (χ0) is 63.1. The normalized spacial score (nSPS) is 11.7. The lowest BCUT2D eigenvalue weighted by molar-refractivity contribution is 1.05. The Morgan fingerprint density at radius 3 is 0.811 bits per heavy atom. The summed E-state index contributed by atoms with van der Waals surface area (Å²) in [5.41, 5.74) is 28.2. The first-order valence-corrected chi connectivity index (χ1v) is 32.6. The Kier molecular flexibility index (Phi) is 13.3. The molecule has 95 heavy (non-hydrogen) atoms. The Morgan fingerprint density at radius 2 is 0.463 bits per heavy atom. The molecule has 0 aliphatic carbocycles. The van der Waals surface area contributed by atoms with Crippen molar-refractivity contribution in [3.05, 3.63) is 345 Å². The minimum Gasteiger partial charge on any atom is -0.306 e. The Balaban J connectivity index is 1.13. The van der Waals surface area contributed by atoms with Gasteiger partial charge >= 0.3 is 0 Å². The van der Waals surface area contributed by atoms with Crippen molar-refractivity contribution in [2.24, 2.45) is 0 Å². The van der Waals surface area contributed by atoms with Crippen LogP contribution in [0.5, 0.6) is 0 Å². The topological polar surface area (TPSA) is 40.6 Å². The highest BCUT2D eigenvalue weighted by Gasteiger charge is 2.32. The van der Waals surface area contributed by atoms with Crippen LogP contribution in [0, 0.1) is 13.8 Å². The summed E-state index contributed by atoms with van der Waals surface area (Å²) in [6.07, 6.45) is 0. The molecule has 13 aromatic carbocycles. The van der Waals surface area contributed by atoms with Gasteiger partial charge in [0, 0.05) is 65.7 Å². The number of nitrogens with zero attached hydrogens (tertiary/aromatic N) is 5. The van der Waals surface area contributed by atoms with Crippen LogP contribution in [0.15, 0.2) is 334 Å². The predicted octanol–water partition coefficient (Wildman–Crippen LogP) is 23.7. The molecule has 5 heterocycles. The number of hydrogen-bond donors (Lipinski definition) is 0. The standard InChI is InChI=1S/C90H61N5/c1-58-41-45-84-74(49-58)70-37-21-23-39-82(70)93(84)88-72(68-53-78(62-29-13-5-14-30-62)91-79(54-68)63-31-15-6-16-32-63)57-73(69-55-80(64-33-17-7-18-34-64)92-81(56-69)65-35-19-8-20-36-65)89(94-83-40-24-22-38-71(83)75-50-59(2)42-46-85(75)94)90(88)95-86-47-43-66(60-25-9-3-10-26-60)51-76(86)77-52-67(44-48-87(77)95)61-27-11-4-12-28-61/h3-57H,1-2H3. The average molecular weight is 1210 g/mol. The van der Waals surface area contributed by atoms with Gasteiger partial charge in [-0.1, -0.05) is 254 Å². The molecule has 0 atom stereocenters. The fraction of sp³-hybridized carbons (Fsp3) is 0.0222. The zero-order valence-electron chi connectivity index (χ0n) is 52.5. The van der Waals surface area contributed by atoms with E-state index >= 15 is 0 Å². The largest absolute Gasteiger partial charge is 0.306 e. The Hall–Kier alpha value is -12.4. The third-order valence-electron chi connectivity index (χ3n) is 19.1. The van der Waals surface area contributed by atoms with Gasteiger partial charge in [0.2, 0.25) is 0 Å². The molecule has 0 radical (unpaired) electrons. The van der Waals surface area contributed by atoms with Crippen LogP contribution in [0.1, 0.15) is 11.1 Å². The fourth-order valence-corrected chi connectivity index (χ4v) is 14.7. The van der Waals surface area contributed by atoms with E-state index in [4.69, 9.17) is 9.97 Å². The molecular formula is C90H61N5. The first-order chi connectivity index (χ1) is 46.9. The predicted molar refractivity (Wildman–Crippen MR) is 398 cm³/mol.